The average Bonchev–Trinajstić information content (AvgIpc) is 3.04. The van der Waals surface area contributed by atoms with Crippen LogP contribution < -0.4 is 4.90 Å². The molecule has 1 aliphatic rings. The first-order valence-corrected chi connectivity index (χ1v) is 7.84. The molecule has 0 aliphatic carbocycles. The molecule has 2 heterocycles. The highest BCUT2D eigenvalue weighted by Gasteiger charge is 2.38. The van der Waals surface area contributed by atoms with Gasteiger partial charge in [-0.1, -0.05) is 43.2 Å². The Morgan fingerprint density at radius 2 is 1.71 bits per heavy atom. The van der Waals surface area contributed by atoms with E-state index in [1.54, 1.807) is 24.3 Å². The van der Waals surface area contributed by atoms with Crippen molar-refractivity contribution in [2.24, 2.45) is 0 Å². The number of imide groups is 1. The van der Waals surface area contributed by atoms with Crippen molar-refractivity contribution in [2.45, 2.75) is 32.6 Å². The highest BCUT2D eigenvalue weighted by molar-refractivity contribution is 7.15. The summed E-state index contributed by atoms with van der Waals surface area (Å²) < 4.78 is 0. The molecule has 6 heteroatoms. The molecule has 0 fully saturated rings. The maximum absolute atomic E-state index is 12.3. The first-order valence-electron chi connectivity index (χ1n) is 7.02. The molecule has 5 nitrogen and oxygen atoms in total. The molecule has 21 heavy (non-hydrogen) atoms. The zero-order chi connectivity index (χ0) is 14.8. The summed E-state index contributed by atoms with van der Waals surface area (Å²) >= 11 is 1.32. The van der Waals surface area contributed by atoms with Gasteiger partial charge in [-0.05, 0) is 18.6 Å². The summed E-state index contributed by atoms with van der Waals surface area (Å²) in [6.07, 6.45) is 4.17. The molecule has 2 amide bonds. The minimum Gasteiger partial charge on any atom is -0.268 e. The molecule has 3 rings (SSSR count). The number of nitrogens with zero attached hydrogens (tertiary/aromatic N) is 3. The van der Waals surface area contributed by atoms with Crippen LogP contribution in [0.1, 0.15) is 51.9 Å². The fourth-order valence-electron chi connectivity index (χ4n) is 2.33. The first-order chi connectivity index (χ1) is 10.2. The van der Waals surface area contributed by atoms with Gasteiger partial charge in [0.15, 0.2) is 0 Å². The average molecular weight is 301 g/mol. The van der Waals surface area contributed by atoms with Crippen LogP contribution in [0.3, 0.4) is 0 Å². The Labute approximate surface area is 126 Å². The summed E-state index contributed by atoms with van der Waals surface area (Å²) in [6, 6.07) is 6.84. The molecule has 108 valence electrons. The Bertz CT molecular complexity index is 661. The lowest BCUT2D eigenvalue weighted by atomic mass is 10.1. The van der Waals surface area contributed by atoms with Crippen molar-refractivity contribution in [3.05, 3.63) is 40.4 Å². The van der Waals surface area contributed by atoms with Gasteiger partial charge in [0.2, 0.25) is 5.13 Å². The number of aromatic nitrogens is 2. The number of hydrogen-bond donors (Lipinski definition) is 0. The standard InChI is InChI=1S/C15H15N3O2S/c1-2-3-4-9-12-16-17-15(21-12)18-13(19)10-7-5-6-8-11(10)14(18)20/h5-8H,2-4,9H2,1H3. The van der Waals surface area contributed by atoms with Gasteiger partial charge in [-0.15, -0.1) is 10.2 Å². The van der Waals surface area contributed by atoms with Crippen LogP contribution in [0.15, 0.2) is 24.3 Å². The van der Waals surface area contributed by atoms with E-state index in [9.17, 15) is 9.59 Å². The van der Waals surface area contributed by atoms with Crippen LogP contribution in [0.2, 0.25) is 0 Å². The van der Waals surface area contributed by atoms with Crippen LogP contribution in [-0.4, -0.2) is 22.0 Å². The third-order valence-corrected chi connectivity index (χ3v) is 4.40. The maximum atomic E-state index is 12.3. The molecule has 1 aliphatic heterocycles. The molecule has 1 aromatic heterocycles. The smallest absolute Gasteiger partial charge is 0.268 e. The summed E-state index contributed by atoms with van der Waals surface area (Å²) in [5.41, 5.74) is 0.871. The Kier molecular flexibility index (Phi) is 3.79. The van der Waals surface area contributed by atoms with Gasteiger partial charge in [0.25, 0.3) is 11.8 Å². The van der Waals surface area contributed by atoms with Crippen molar-refractivity contribution < 1.29 is 9.59 Å². The topological polar surface area (TPSA) is 63.2 Å². The number of hydrogen-bond acceptors (Lipinski definition) is 5. The molecule has 0 spiro atoms. The number of aryl methyl sites for hydroxylation is 1. The van der Waals surface area contributed by atoms with Gasteiger partial charge in [0, 0.05) is 6.42 Å². The number of anilines is 1. The van der Waals surface area contributed by atoms with E-state index < -0.39 is 0 Å². The Morgan fingerprint density at radius 3 is 2.33 bits per heavy atom. The molecule has 0 unspecified atom stereocenters. The Balaban J connectivity index is 1.82. The third-order valence-electron chi connectivity index (χ3n) is 3.44. The maximum Gasteiger partial charge on any atom is 0.268 e. The second kappa shape index (κ2) is 5.73. The van der Waals surface area contributed by atoms with Crippen LogP contribution in [0.4, 0.5) is 5.13 Å². The minimum atomic E-state index is -0.313. The third kappa shape index (κ3) is 2.47. The first kappa shape index (κ1) is 13.9. The minimum absolute atomic E-state index is 0.313. The van der Waals surface area contributed by atoms with Crippen molar-refractivity contribution in [1.29, 1.82) is 0 Å². The van der Waals surface area contributed by atoms with Crippen LogP contribution >= 0.6 is 11.3 Å². The predicted octanol–water partition coefficient (Wildman–Crippen LogP) is 3.07. The SMILES string of the molecule is CCCCCc1nnc(N2C(=O)c3ccccc3C2=O)s1. The van der Waals surface area contributed by atoms with Crippen molar-refractivity contribution in [3.8, 4) is 0 Å². The fraction of sp³-hybridized carbons (Fsp3) is 0.333. The molecular formula is C15H15N3O2S. The summed E-state index contributed by atoms with van der Waals surface area (Å²) in [6.45, 7) is 2.14. The van der Waals surface area contributed by atoms with Crippen LogP contribution in [0.5, 0.6) is 0 Å². The van der Waals surface area contributed by atoms with Gasteiger partial charge in [-0.3, -0.25) is 9.59 Å². The lowest BCUT2D eigenvalue weighted by molar-refractivity contribution is 0.0926. The summed E-state index contributed by atoms with van der Waals surface area (Å²) in [4.78, 5) is 25.8. The van der Waals surface area contributed by atoms with Gasteiger partial charge < -0.3 is 0 Å². The summed E-state index contributed by atoms with van der Waals surface area (Å²) in [5, 5.41) is 9.34. The predicted molar refractivity (Wildman–Crippen MR) is 80.7 cm³/mol. The Hall–Kier alpha value is -2.08. The van der Waals surface area contributed by atoms with Gasteiger partial charge in [-0.25, -0.2) is 4.90 Å². The molecule has 0 saturated heterocycles. The van der Waals surface area contributed by atoms with Gasteiger partial charge in [0.05, 0.1) is 11.1 Å². The molecule has 0 saturated carbocycles. The van der Waals surface area contributed by atoms with E-state index in [0.717, 1.165) is 35.6 Å². The molecular weight excluding hydrogens is 286 g/mol. The van der Waals surface area contributed by atoms with Gasteiger partial charge in [0.1, 0.15) is 5.01 Å². The molecule has 0 radical (unpaired) electrons. The van der Waals surface area contributed by atoms with Crippen LogP contribution in [0.25, 0.3) is 0 Å². The van der Waals surface area contributed by atoms with E-state index >= 15 is 0 Å². The number of unbranched alkanes of at least 4 members (excludes halogenated alkanes) is 2. The van der Waals surface area contributed by atoms with Crippen molar-refractivity contribution in [2.75, 3.05) is 4.90 Å². The van der Waals surface area contributed by atoms with E-state index in [4.69, 9.17) is 0 Å². The number of amides is 2. The summed E-state index contributed by atoms with van der Waals surface area (Å²) in [5.74, 6) is -0.626. The van der Waals surface area contributed by atoms with E-state index in [2.05, 4.69) is 17.1 Å². The molecule has 0 bridgehead atoms. The number of rotatable bonds is 5. The van der Waals surface area contributed by atoms with Crippen LogP contribution in [-0.2, 0) is 6.42 Å². The Morgan fingerprint density at radius 1 is 1.05 bits per heavy atom. The normalized spacial score (nSPS) is 13.9. The monoisotopic (exact) mass is 301 g/mol. The summed E-state index contributed by atoms with van der Waals surface area (Å²) in [7, 11) is 0. The second-order valence-electron chi connectivity index (χ2n) is 4.93. The van der Waals surface area contributed by atoms with E-state index in [1.807, 2.05) is 0 Å². The quantitative estimate of drug-likeness (QED) is 0.629. The number of fused-ring (bicyclic) bond motifs is 1. The molecule has 0 N–H and O–H groups in total. The second-order valence-corrected chi connectivity index (χ2v) is 5.97. The van der Waals surface area contributed by atoms with Crippen LogP contribution in [0, 0.1) is 0 Å². The van der Waals surface area contributed by atoms with Crippen molar-refractivity contribution in [1.82, 2.24) is 10.2 Å². The molecule has 0 atom stereocenters. The zero-order valence-corrected chi connectivity index (χ0v) is 12.5. The lowest BCUT2D eigenvalue weighted by Crippen LogP contribution is -2.29. The largest absolute Gasteiger partial charge is 0.268 e. The van der Waals surface area contributed by atoms with E-state index in [-0.39, 0.29) is 11.8 Å². The zero-order valence-electron chi connectivity index (χ0n) is 11.7. The molecule has 2 aromatic rings. The lowest BCUT2D eigenvalue weighted by Gasteiger charge is -2.07. The van der Waals surface area contributed by atoms with E-state index in [1.165, 1.54) is 11.3 Å². The van der Waals surface area contributed by atoms with Crippen molar-refractivity contribution >= 4 is 28.3 Å². The van der Waals surface area contributed by atoms with Crippen molar-refractivity contribution in [3.63, 3.8) is 0 Å². The van der Waals surface area contributed by atoms with Gasteiger partial charge in [-0.2, -0.15) is 0 Å². The number of carbonyl (C=O) groups is 2. The van der Waals surface area contributed by atoms with E-state index in [0.29, 0.717) is 16.3 Å². The highest BCUT2D eigenvalue weighted by atomic mass is 32.1. The number of benzene rings is 1. The highest BCUT2D eigenvalue weighted by Crippen LogP contribution is 2.30. The fourth-order valence-corrected chi connectivity index (χ4v) is 3.20. The number of carbonyl (C=O) groups excluding carboxylic acids is 2. The molecule has 1 aromatic carbocycles. The van der Waals surface area contributed by atoms with Gasteiger partial charge >= 0.3 is 0 Å².